The predicted octanol–water partition coefficient (Wildman–Crippen LogP) is 2.04. The van der Waals surface area contributed by atoms with Crippen molar-refractivity contribution < 1.29 is 4.52 Å². The summed E-state index contributed by atoms with van der Waals surface area (Å²) in [5.41, 5.74) is 2.37. The number of hydrogen-bond acceptors (Lipinski definition) is 3. The number of aryl methyl sites for hydroxylation is 2. The molecule has 2 aromatic heterocycles. The molecule has 2 rings (SSSR count). The lowest BCUT2D eigenvalue weighted by atomic mass is 10.2. The van der Waals surface area contributed by atoms with Gasteiger partial charge < -0.3 is 4.52 Å². The molecule has 0 amide bonds. The van der Waals surface area contributed by atoms with Gasteiger partial charge in [-0.25, -0.2) is 0 Å². The standard InChI is InChI=1S/C11H15N3O/c1-3-9-7-10(4-2)14(13-9)8-11-5-6-12-15-11/h5-7H,3-4,8H2,1-2H3. The van der Waals surface area contributed by atoms with Crippen LogP contribution in [0.4, 0.5) is 0 Å². The Bertz CT molecular complexity index is 417. The van der Waals surface area contributed by atoms with Crippen LogP contribution in [0.3, 0.4) is 0 Å². The molecule has 15 heavy (non-hydrogen) atoms. The van der Waals surface area contributed by atoms with Crippen LogP contribution in [0.15, 0.2) is 22.9 Å². The Morgan fingerprint density at radius 3 is 2.80 bits per heavy atom. The highest BCUT2D eigenvalue weighted by Gasteiger charge is 2.07. The molecule has 0 aromatic carbocycles. The average molecular weight is 205 g/mol. The van der Waals surface area contributed by atoms with Gasteiger partial charge in [0.05, 0.1) is 11.9 Å². The van der Waals surface area contributed by atoms with Crippen LogP contribution in [0.2, 0.25) is 0 Å². The summed E-state index contributed by atoms with van der Waals surface area (Å²) in [6.07, 6.45) is 3.61. The number of nitrogens with zero attached hydrogens (tertiary/aromatic N) is 3. The van der Waals surface area contributed by atoms with Gasteiger partial charge in [0.15, 0.2) is 5.76 Å². The van der Waals surface area contributed by atoms with Crippen LogP contribution in [-0.4, -0.2) is 14.9 Å². The van der Waals surface area contributed by atoms with E-state index in [1.165, 1.54) is 5.69 Å². The summed E-state index contributed by atoms with van der Waals surface area (Å²) in [4.78, 5) is 0. The molecule has 0 saturated carbocycles. The SMILES string of the molecule is CCc1cc(CC)n(Cc2ccno2)n1. The first-order valence-electron chi connectivity index (χ1n) is 5.28. The van der Waals surface area contributed by atoms with Crippen molar-refractivity contribution in [3.63, 3.8) is 0 Å². The van der Waals surface area contributed by atoms with Crippen LogP contribution in [0.5, 0.6) is 0 Å². The highest BCUT2D eigenvalue weighted by molar-refractivity contribution is 5.11. The molecule has 0 radical (unpaired) electrons. The van der Waals surface area contributed by atoms with Crippen LogP contribution >= 0.6 is 0 Å². The van der Waals surface area contributed by atoms with E-state index in [1.807, 2.05) is 10.7 Å². The molecular formula is C11H15N3O. The van der Waals surface area contributed by atoms with E-state index < -0.39 is 0 Å². The minimum Gasteiger partial charge on any atom is -0.359 e. The van der Waals surface area contributed by atoms with E-state index in [-0.39, 0.29) is 0 Å². The summed E-state index contributed by atoms with van der Waals surface area (Å²) in [5, 5.41) is 8.19. The minimum atomic E-state index is 0.670. The van der Waals surface area contributed by atoms with Crippen molar-refractivity contribution in [3.05, 3.63) is 35.5 Å². The van der Waals surface area contributed by atoms with Crippen molar-refractivity contribution in [2.24, 2.45) is 0 Å². The largest absolute Gasteiger partial charge is 0.359 e. The van der Waals surface area contributed by atoms with E-state index in [0.29, 0.717) is 6.54 Å². The molecule has 0 aliphatic rings. The van der Waals surface area contributed by atoms with E-state index in [1.54, 1.807) is 6.20 Å². The molecule has 0 aliphatic carbocycles. The molecule has 0 atom stereocenters. The maximum atomic E-state index is 5.07. The lowest BCUT2D eigenvalue weighted by molar-refractivity contribution is 0.369. The lowest BCUT2D eigenvalue weighted by Gasteiger charge is -2.01. The van der Waals surface area contributed by atoms with Crippen molar-refractivity contribution >= 4 is 0 Å². The van der Waals surface area contributed by atoms with Gasteiger partial charge >= 0.3 is 0 Å². The van der Waals surface area contributed by atoms with Gasteiger partial charge in [-0.1, -0.05) is 19.0 Å². The van der Waals surface area contributed by atoms with Gasteiger partial charge in [-0.3, -0.25) is 4.68 Å². The molecule has 0 spiro atoms. The van der Waals surface area contributed by atoms with E-state index >= 15 is 0 Å². The second-order valence-electron chi connectivity index (χ2n) is 3.47. The molecule has 0 unspecified atom stereocenters. The van der Waals surface area contributed by atoms with Gasteiger partial charge in [0, 0.05) is 11.8 Å². The molecule has 0 saturated heterocycles. The Kier molecular flexibility index (Phi) is 2.85. The van der Waals surface area contributed by atoms with Gasteiger partial charge in [-0.15, -0.1) is 0 Å². The van der Waals surface area contributed by atoms with Gasteiger partial charge in [0.1, 0.15) is 6.54 Å². The highest BCUT2D eigenvalue weighted by Crippen LogP contribution is 2.09. The quantitative estimate of drug-likeness (QED) is 0.767. The van der Waals surface area contributed by atoms with Crippen molar-refractivity contribution in [2.45, 2.75) is 33.2 Å². The van der Waals surface area contributed by atoms with E-state index in [4.69, 9.17) is 4.52 Å². The maximum Gasteiger partial charge on any atom is 0.158 e. The van der Waals surface area contributed by atoms with Crippen molar-refractivity contribution in [1.82, 2.24) is 14.9 Å². The maximum absolute atomic E-state index is 5.07. The highest BCUT2D eigenvalue weighted by atomic mass is 16.5. The Balaban J connectivity index is 2.23. The monoisotopic (exact) mass is 205 g/mol. The molecule has 4 nitrogen and oxygen atoms in total. The van der Waals surface area contributed by atoms with Gasteiger partial charge in [-0.05, 0) is 18.9 Å². The van der Waals surface area contributed by atoms with E-state index in [9.17, 15) is 0 Å². The summed E-state index contributed by atoms with van der Waals surface area (Å²) in [5.74, 6) is 0.843. The van der Waals surface area contributed by atoms with Crippen LogP contribution in [-0.2, 0) is 19.4 Å². The molecule has 0 aliphatic heterocycles. The number of aromatic nitrogens is 3. The average Bonchev–Trinajstić information content (AvgIpc) is 2.87. The van der Waals surface area contributed by atoms with Gasteiger partial charge in [0.25, 0.3) is 0 Å². The van der Waals surface area contributed by atoms with Crippen molar-refractivity contribution in [2.75, 3.05) is 0 Å². The molecular weight excluding hydrogens is 190 g/mol. The normalized spacial score (nSPS) is 10.8. The fraction of sp³-hybridized carbons (Fsp3) is 0.455. The van der Waals surface area contributed by atoms with Crippen LogP contribution < -0.4 is 0 Å². The number of rotatable bonds is 4. The van der Waals surface area contributed by atoms with Gasteiger partial charge in [0.2, 0.25) is 0 Å². The van der Waals surface area contributed by atoms with Crippen LogP contribution in [0, 0.1) is 0 Å². The van der Waals surface area contributed by atoms with Gasteiger partial charge in [-0.2, -0.15) is 5.10 Å². The molecule has 80 valence electrons. The topological polar surface area (TPSA) is 43.9 Å². The third-order valence-electron chi connectivity index (χ3n) is 2.44. The Labute approximate surface area is 88.9 Å². The Morgan fingerprint density at radius 1 is 1.33 bits per heavy atom. The second kappa shape index (κ2) is 4.29. The fourth-order valence-corrected chi connectivity index (χ4v) is 1.58. The molecule has 4 heteroatoms. The zero-order valence-electron chi connectivity index (χ0n) is 9.10. The Morgan fingerprint density at radius 2 is 2.20 bits per heavy atom. The fourth-order valence-electron chi connectivity index (χ4n) is 1.58. The van der Waals surface area contributed by atoms with Crippen molar-refractivity contribution in [3.8, 4) is 0 Å². The minimum absolute atomic E-state index is 0.670. The zero-order chi connectivity index (χ0) is 10.7. The first-order valence-corrected chi connectivity index (χ1v) is 5.28. The second-order valence-corrected chi connectivity index (χ2v) is 3.47. The Hall–Kier alpha value is -1.58. The molecule has 2 aromatic rings. The van der Waals surface area contributed by atoms with Crippen LogP contribution in [0.25, 0.3) is 0 Å². The molecule has 0 N–H and O–H groups in total. The summed E-state index contributed by atoms with van der Waals surface area (Å²) in [6.45, 7) is 4.91. The zero-order valence-corrected chi connectivity index (χ0v) is 9.10. The third kappa shape index (κ3) is 2.09. The summed E-state index contributed by atoms with van der Waals surface area (Å²) in [6, 6.07) is 4.02. The molecule has 0 bridgehead atoms. The van der Waals surface area contributed by atoms with E-state index in [2.05, 4.69) is 30.2 Å². The predicted molar refractivity (Wildman–Crippen MR) is 56.6 cm³/mol. The van der Waals surface area contributed by atoms with E-state index in [0.717, 1.165) is 24.3 Å². The van der Waals surface area contributed by atoms with Crippen molar-refractivity contribution in [1.29, 1.82) is 0 Å². The first kappa shape index (κ1) is 9.96. The first-order chi connectivity index (χ1) is 7.33. The van der Waals surface area contributed by atoms with Crippen LogP contribution in [0.1, 0.15) is 31.0 Å². The molecule has 2 heterocycles. The lowest BCUT2D eigenvalue weighted by Crippen LogP contribution is -2.05. The summed E-state index contributed by atoms with van der Waals surface area (Å²) < 4.78 is 7.05. The third-order valence-corrected chi connectivity index (χ3v) is 2.44. The molecule has 0 fully saturated rings. The summed E-state index contributed by atoms with van der Waals surface area (Å²) >= 11 is 0. The number of hydrogen-bond donors (Lipinski definition) is 0. The summed E-state index contributed by atoms with van der Waals surface area (Å²) in [7, 11) is 0. The smallest absolute Gasteiger partial charge is 0.158 e.